The Morgan fingerprint density at radius 2 is 1.74 bits per heavy atom. The number of nitrogens with zero attached hydrogens (tertiary/aromatic N) is 1. The smallest absolute Gasteiger partial charge is 0.410 e. The summed E-state index contributed by atoms with van der Waals surface area (Å²) in [5, 5.41) is 3.72. The molecule has 0 aromatic rings. The highest BCUT2D eigenvalue weighted by atomic mass is 16.6. The zero-order chi connectivity index (χ0) is 17.6. The van der Waals surface area contributed by atoms with Crippen LogP contribution in [0.4, 0.5) is 4.79 Å². The Kier molecular flexibility index (Phi) is 7.85. The van der Waals surface area contributed by atoms with Crippen LogP contribution >= 0.6 is 0 Å². The van der Waals surface area contributed by atoms with Gasteiger partial charge in [0, 0.05) is 25.2 Å². The van der Waals surface area contributed by atoms with Gasteiger partial charge < -0.3 is 15.0 Å². The molecule has 0 spiro atoms. The maximum absolute atomic E-state index is 12.3. The van der Waals surface area contributed by atoms with Crippen molar-refractivity contribution in [1.29, 1.82) is 0 Å². The number of amides is 1. The quantitative estimate of drug-likeness (QED) is 0.752. The fourth-order valence-electron chi connectivity index (χ4n) is 3.31. The molecule has 1 N–H and O–H groups in total. The van der Waals surface area contributed by atoms with Gasteiger partial charge in [-0.2, -0.15) is 0 Å². The van der Waals surface area contributed by atoms with Crippen molar-refractivity contribution >= 4 is 6.09 Å². The summed E-state index contributed by atoms with van der Waals surface area (Å²) in [6.07, 6.45) is 4.37. The lowest BCUT2D eigenvalue weighted by molar-refractivity contribution is 0.0223. The summed E-state index contributed by atoms with van der Waals surface area (Å²) in [5.74, 6) is 1.38. The first kappa shape index (κ1) is 20.3. The number of hydrogen-bond donors (Lipinski definition) is 1. The van der Waals surface area contributed by atoms with Crippen LogP contribution in [0, 0.1) is 11.8 Å². The van der Waals surface area contributed by atoms with E-state index in [0.717, 1.165) is 25.9 Å². The Morgan fingerprint density at radius 3 is 2.22 bits per heavy atom. The average molecular weight is 327 g/mol. The maximum Gasteiger partial charge on any atom is 0.410 e. The first-order valence-corrected chi connectivity index (χ1v) is 9.31. The maximum atomic E-state index is 12.3. The van der Waals surface area contributed by atoms with Crippen LogP contribution in [0.25, 0.3) is 0 Å². The van der Waals surface area contributed by atoms with Crippen molar-refractivity contribution in [3.05, 3.63) is 0 Å². The lowest BCUT2D eigenvalue weighted by Gasteiger charge is -2.30. The normalized spacial score (nSPS) is 19.2. The van der Waals surface area contributed by atoms with E-state index in [0.29, 0.717) is 17.9 Å². The standard InChI is InChI=1S/C19H38N2O2/c1-14(2)11-16(12-15(3)4)20-13-17-9-8-10-21(17)18(22)23-19(5,6)7/h14-17,20H,8-13H2,1-7H3. The minimum Gasteiger partial charge on any atom is -0.444 e. The summed E-state index contributed by atoms with van der Waals surface area (Å²) < 4.78 is 5.55. The van der Waals surface area contributed by atoms with Crippen LogP contribution in [0.1, 0.15) is 74.1 Å². The van der Waals surface area contributed by atoms with Gasteiger partial charge in [-0.15, -0.1) is 0 Å². The molecule has 4 nitrogen and oxygen atoms in total. The van der Waals surface area contributed by atoms with Crippen molar-refractivity contribution in [2.24, 2.45) is 11.8 Å². The summed E-state index contributed by atoms with van der Waals surface area (Å²) in [6, 6.07) is 0.808. The van der Waals surface area contributed by atoms with Crippen LogP contribution in [-0.4, -0.2) is 41.8 Å². The largest absolute Gasteiger partial charge is 0.444 e. The second-order valence-corrected chi connectivity index (χ2v) is 8.83. The van der Waals surface area contributed by atoms with E-state index in [-0.39, 0.29) is 12.1 Å². The second kappa shape index (κ2) is 8.91. The highest BCUT2D eigenvalue weighted by Crippen LogP contribution is 2.21. The predicted molar refractivity (Wildman–Crippen MR) is 96.7 cm³/mol. The van der Waals surface area contributed by atoms with Gasteiger partial charge in [0.1, 0.15) is 5.60 Å². The van der Waals surface area contributed by atoms with Gasteiger partial charge in [-0.1, -0.05) is 27.7 Å². The Bertz CT molecular complexity index is 351. The van der Waals surface area contributed by atoms with Gasteiger partial charge in [-0.25, -0.2) is 4.79 Å². The lowest BCUT2D eigenvalue weighted by Crippen LogP contribution is -2.46. The highest BCUT2D eigenvalue weighted by Gasteiger charge is 2.32. The third-order valence-electron chi connectivity index (χ3n) is 4.16. The summed E-state index contributed by atoms with van der Waals surface area (Å²) in [5.41, 5.74) is -0.421. The highest BCUT2D eigenvalue weighted by molar-refractivity contribution is 5.69. The van der Waals surface area contributed by atoms with Crippen molar-refractivity contribution in [2.45, 2.75) is 91.8 Å². The van der Waals surface area contributed by atoms with Gasteiger partial charge in [0.15, 0.2) is 0 Å². The number of likely N-dealkylation sites (tertiary alicyclic amines) is 1. The Labute approximate surface area is 143 Å². The Hall–Kier alpha value is -0.770. The summed E-state index contributed by atoms with van der Waals surface area (Å²) in [6.45, 7) is 16.6. The van der Waals surface area contributed by atoms with Crippen LogP contribution in [0.3, 0.4) is 0 Å². The van der Waals surface area contributed by atoms with Crippen LogP contribution in [-0.2, 0) is 4.74 Å². The molecule has 0 aromatic carbocycles. The molecule has 136 valence electrons. The minimum atomic E-state index is -0.421. The molecule has 1 aliphatic rings. The van der Waals surface area contributed by atoms with E-state index in [4.69, 9.17) is 4.74 Å². The first-order valence-electron chi connectivity index (χ1n) is 9.31. The number of rotatable bonds is 7. The van der Waals surface area contributed by atoms with E-state index in [1.54, 1.807) is 0 Å². The topological polar surface area (TPSA) is 41.6 Å². The molecule has 0 bridgehead atoms. The summed E-state index contributed by atoms with van der Waals surface area (Å²) in [4.78, 5) is 14.3. The molecule has 0 aromatic heterocycles. The SMILES string of the molecule is CC(C)CC(CC(C)C)NCC1CCCN1C(=O)OC(C)(C)C. The van der Waals surface area contributed by atoms with Crippen molar-refractivity contribution < 1.29 is 9.53 Å². The molecule has 4 heteroatoms. The Balaban J connectivity index is 2.54. The first-order chi connectivity index (χ1) is 10.6. The molecular weight excluding hydrogens is 288 g/mol. The molecule has 1 saturated heterocycles. The summed E-state index contributed by atoms with van der Waals surface area (Å²) >= 11 is 0. The molecule has 1 aliphatic heterocycles. The molecule has 23 heavy (non-hydrogen) atoms. The number of hydrogen-bond acceptors (Lipinski definition) is 3. The fraction of sp³-hybridized carbons (Fsp3) is 0.947. The fourth-order valence-corrected chi connectivity index (χ4v) is 3.31. The van der Waals surface area contributed by atoms with Crippen LogP contribution in [0.5, 0.6) is 0 Å². The van der Waals surface area contributed by atoms with E-state index in [2.05, 4.69) is 33.0 Å². The minimum absolute atomic E-state index is 0.161. The van der Waals surface area contributed by atoms with E-state index in [1.807, 2.05) is 25.7 Å². The number of carbonyl (C=O) groups is 1. The van der Waals surface area contributed by atoms with Gasteiger partial charge in [-0.05, 0) is 58.3 Å². The molecule has 1 rings (SSSR count). The van der Waals surface area contributed by atoms with E-state index < -0.39 is 5.60 Å². The third kappa shape index (κ3) is 8.05. The zero-order valence-corrected chi connectivity index (χ0v) is 16.3. The van der Waals surface area contributed by atoms with Crippen molar-refractivity contribution in [3.63, 3.8) is 0 Å². The predicted octanol–water partition coefficient (Wildman–Crippen LogP) is 4.44. The molecule has 1 heterocycles. The van der Waals surface area contributed by atoms with E-state index in [9.17, 15) is 4.79 Å². The van der Waals surface area contributed by atoms with Crippen molar-refractivity contribution in [1.82, 2.24) is 10.2 Å². The number of nitrogens with one attached hydrogen (secondary N) is 1. The molecule has 0 radical (unpaired) electrons. The van der Waals surface area contributed by atoms with E-state index >= 15 is 0 Å². The average Bonchev–Trinajstić information content (AvgIpc) is 2.80. The van der Waals surface area contributed by atoms with Gasteiger partial charge in [0.25, 0.3) is 0 Å². The van der Waals surface area contributed by atoms with Gasteiger partial charge >= 0.3 is 6.09 Å². The monoisotopic (exact) mass is 326 g/mol. The molecule has 1 unspecified atom stereocenters. The van der Waals surface area contributed by atoms with Gasteiger partial charge in [-0.3, -0.25) is 0 Å². The van der Waals surface area contributed by atoms with Crippen LogP contribution < -0.4 is 5.32 Å². The van der Waals surface area contributed by atoms with Crippen LogP contribution in [0.2, 0.25) is 0 Å². The summed E-state index contributed by atoms with van der Waals surface area (Å²) in [7, 11) is 0. The molecule has 1 fully saturated rings. The zero-order valence-electron chi connectivity index (χ0n) is 16.3. The van der Waals surface area contributed by atoms with E-state index in [1.165, 1.54) is 12.8 Å². The second-order valence-electron chi connectivity index (χ2n) is 8.83. The molecule has 1 atom stereocenters. The Morgan fingerprint density at radius 1 is 1.17 bits per heavy atom. The number of ether oxygens (including phenoxy) is 1. The molecule has 0 aliphatic carbocycles. The van der Waals surface area contributed by atoms with Crippen LogP contribution in [0.15, 0.2) is 0 Å². The lowest BCUT2D eigenvalue weighted by atomic mass is 9.95. The molecular formula is C19H38N2O2. The van der Waals surface area contributed by atoms with Gasteiger partial charge in [0.2, 0.25) is 0 Å². The van der Waals surface area contributed by atoms with Crippen molar-refractivity contribution in [3.8, 4) is 0 Å². The van der Waals surface area contributed by atoms with Gasteiger partial charge in [0.05, 0.1) is 0 Å². The number of carbonyl (C=O) groups excluding carboxylic acids is 1. The molecule has 0 saturated carbocycles. The van der Waals surface area contributed by atoms with Crippen molar-refractivity contribution in [2.75, 3.05) is 13.1 Å². The molecule has 1 amide bonds. The third-order valence-corrected chi connectivity index (χ3v) is 4.16.